The molecule has 0 radical (unpaired) electrons. The van der Waals surface area contributed by atoms with Crippen molar-refractivity contribution in [3.63, 3.8) is 0 Å². The molecule has 1 fully saturated rings. The Morgan fingerprint density at radius 1 is 0.826 bits per heavy atom. The molecule has 0 unspecified atom stereocenters. The van der Waals surface area contributed by atoms with Gasteiger partial charge in [0.1, 0.15) is 12.4 Å². The third-order valence-corrected chi connectivity index (χ3v) is 4.66. The number of benzene rings is 2. The van der Waals surface area contributed by atoms with Crippen molar-refractivity contribution in [2.45, 2.75) is 45.3 Å². The van der Waals surface area contributed by atoms with E-state index in [9.17, 15) is 0 Å². The lowest BCUT2D eigenvalue weighted by Gasteiger charge is -2.21. The maximum atomic E-state index is 5.83. The SMILES string of the molecule is c1ccc(COc2ccc(CNCC3CCCCC3)cc2)cc1. The Balaban J connectivity index is 1.40. The second-order valence-corrected chi connectivity index (χ2v) is 6.55. The average Bonchev–Trinajstić information content (AvgIpc) is 2.63. The summed E-state index contributed by atoms with van der Waals surface area (Å²) in [6.07, 6.45) is 7.07. The van der Waals surface area contributed by atoms with E-state index in [-0.39, 0.29) is 0 Å². The lowest BCUT2D eigenvalue weighted by atomic mass is 9.89. The highest BCUT2D eigenvalue weighted by molar-refractivity contribution is 5.27. The largest absolute Gasteiger partial charge is 0.489 e. The predicted octanol–water partition coefficient (Wildman–Crippen LogP) is 4.94. The van der Waals surface area contributed by atoms with E-state index in [0.29, 0.717) is 6.61 Å². The summed E-state index contributed by atoms with van der Waals surface area (Å²) in [6, 6.07) is 18.7. The average molecular weight is 309 g/mol. The Kier molecular flexibility index (Phi) is 6.10. The minimum absolute atomic E-state index is 0.625. The quantitative estimate of drug-likeness (QED) is 0.782. The molecule has 1 aliphatic carbocycles. The Morgan fingerprint density at radius 2 is 1.57 bits per heavy atom. The van der Waals surface area contributed by atoms with Crippen LogP contribution in [-0.2, 0) is 13.2 Å². The highest BCUT2D eigenvalue weighted by Crippen LogP contribution is 2.23. The Bertz CT molecular complexity index is 558. The molecule has 3 rings (SSSR count). The number of ether oxygens (including phenoxy) is 1. The van der Waals surface area contributed by atoms with E-state index in [0.717, 1.165) is 24.8 Å². The van der Waals surface area contributed by atoms with E-state index in [1.807, 2.05) is 18.2 Å². The van der Waals surface area contributed by atoms with Gasteiger partial charge < -0.3 is 10.1 Å². The van der Waals surface area contributed by atoms with Crippen molar-refractivity contribution in [3.8, 4) is 5.75 Å². The standard InChI is InChI=1S/C21H27NO/c1-3-7-18(8-4-1)15-22-16-19-11-13-21(14-12-19)23-17-20-9-5-2-6-10-20/h2,5-6,9-14,18,22H,1,3-4,7-8,15-17H2. The smallest absolute Gasteiger partial charge is 0.119 e. The summed E-state index contributed by atoms with van der Waals surface area (Å²) in [5, 5.41) is 3.61. The van der Waals surface area contributed by atoms with Crippen molar-refractivity contribution in [2.24, 2.45) is 5.92 Å². The van der Waals surface area contributed by atoms with Crippen LogP contribution in [0.4, 0.5) is 0 Å². The van der Waals surface area contributed by atoms with E-state index in [1.54, 1.807) is 0 Å². The molecule has 1 aliphatic rings. The molecule has 2 aromatic rings. The molecule has 2 heteroatoms. The summed E-state index contributed by atoms with van der Waals surface area (Å²) in [7, 11) is 0. The Hall–Kier alpha value is -1.80. The van der Waals surface area contributed by atoms with Gasteiger partial charge in [-0.3, -0.25) is 0 Å². The summed E-state index contributed by atoms with van der Waals surface area (Å²) in [6.45, 7) is 2.74. The van der Waals surface area contributed by atoms with Crippen LogP contribution in [0, 0.1) is 5.92 Å². The fraction of sp³-hybridized carbons (Fsp3) is 0.429. The Labute approximate surface area is 139 Å². The van der Waals surface area contributed by atoms with Gasteiger partial charge in [0.05, 0.1) is 0 Å². The van der Waals surface area contributed by atoms with Crippen LogP contribution in [-0.4, -0.2) is 6.54 Å². The van der Waals surface area contributed by atoms with Gasteiger partial charge in [-0.25, -0.2) is 0 Å². The molecule has 2 nitrogen and oxygen atoms in total. The van der Waals surface area contributed by atoms with E-state index < -0.39 is 0 Å². The molecule has 0 spiro atoms. The molecule has 0 amide bonds. The van der Waals surface area contributed by atoms with Crippen molar-refractivity contribution in [3.05, 3.63) is 65.7 Å². The molecule has 0 aliphatic heterocycles. The number of hydrogen-bond acceptors (Lipinski definition) is 2. The zero-order valence-electron chi connectivity index (χ0n) is 13.8. The first-order valence-electron chi connectivity index (χ1n) is 8.86. The van der Waals surface area contributed by atoms with Crippen LogP contribution in [0.3, 0.4) is 0 Å². The van der Waals surface area contributed by atoms with Crippen molar-refractivity contribution >= 4 is 0 Å². The van der Waals surface area contributed by atoms with Gasteiger partial charge in [-0.05, 0) is 48.6 Å². The first-order valence-corrected chi connectivity index (χ1v) is 8.86. The maximum absolute atomic E-state index is 5.83. The van der Waals surface area contributed by atoms with Crippen LogP contribution >= 0.6 is 0 Å². The molecular formula is C21H27NO. The molecule has 1 N–H and O–H groups in total. The third-order valence-electron chi connectivity index (χ3n) is 4.66. The predicted molar refractivity (Wildman–Crippen MR) is 95.5 cm³/mol. The summed E-state index contributed by atoms with van der Waals surface area (Å²) in [4.78, 5) is 0. The normalized spacial score (nSPS) is 15.5. The van der Waals surface area contributed by atoms with Gasteiger partial charge in [-0.1, -0.05) is 61.7 Å². The van der Waals surface area contributed by atoms with Crippen LogP contribution in [0.1, 0.15) is 43.2 Å². The number of nitrogens with one attached hydrogen (secondary N) is 1. The zero-order chi connectivity index (χ0) is 15.7. The van der Waals surface area contributed by atoms with Crippen molar-refractivity contribution < 1.29 is 4.74 Å². The van der Waals surface area contributed by atoms with Crippen LogP contribution in [0.15, 0.2) is 54.6 Å². The van der Waals surface area contributed by atoms with Gasteiger partial charge in [-0.15, -0.1) is 0 Å². The number of rotatable bonds is 7. The molecule has 0 atom stereocenters. The molecule has 0 saturated heterocycles. The number of hydrogen-bond donors (Lipinski definition) is 1. The van der Waals surface area contributed by atoms with Crippen molar-refractivity contribution in [1.82, 2.24) is 5.32 Å². The molecule has 0 heterocycles. The van der Waals surface area contributed by atoms with Gasteiger partial charge in [0.2, 0.25) is 0 Å². The minimum Gasteiger partial charge on any atom is -0.489 e. The summed E-state index contributed by atoms with van der Waals surface area (Å²) >= 11 is 0. The fourth-order valence-corrected chi connectivity index (χ4v) is 3.26. The van der Waals surface area contributed by atoms with E-state index >= 15 is 0 Å². The Morgan fingerprint density at radius 3 is 2.30 bits per heavy atom. The summed E-state index contributed by atoms with van der Waals surface area (Å²) in [5.41, 5.74) is 2.53. The third kappa shape index (κ3) is 5.40. The molecule has 2 aromatic carbocycles. The van der Waals surface area contributed by atoms with Crippen LogP contribution in [0.2, 0.25) is 0 Å². The maximum Gasteiger partial charge on any atom is 0.119 e. The topological polar surface area (TPSA) is 21.3 Å². The molecule has 0 bridgehead atoms. The van der Waals surface area contributed by atoms with E-state index in [4.69, 9.17) is 4.74 Å². The monoisotopic (exact) mass is 309 g/mol. The van der Waals surface area contributed by atoms with Crippen LogP contribution < -0.4 is 10.1 Å². The minimum atomic E-state index is 0.625. The molecule has 1 saturated carbocycles. The lowest BCUT2D eigenvalue weighted by Crippen LogP contribution is -2.24. The highest BCUT2D eigenvalue weighted by atomic mass is 16.5. The second-order valence-electron chi connectivity index (χ2n) is 6.55. The van der Waals surface area contributed by atoms with Gasteiger partial charge in [0.15, 0.2) is 0 Å². The van der Waals surface area contributed by atoms with Gasteiger partial charge in [0.25, 0.3) is 0 Å². The fourth-order valence-electron chi connectivity index (χ4n) is 3.26. The zero-order valence-corrected chi connectivity index (χ0v) is 13.8. The van der Waals surface area contributed by atoms with Crippen molar-refractivity contribution in [2.75, 3.05) is 6.54 Å². The molecule has 23 heavy (non-hydrogen) atoms. The van der Waals surface area contributed by atoms with Gasteiger partial charge >= 0.3 is 0 Å². The first kappa shape index (κ1) is 16.1. The van der Waals surface area contributed by atoms with Crippen LogP contribution in [0.25, 0.3) is 0 Å². The van der Waals surface area contributed by atoms with E-state index in [1.165, 1.54) is 43.2 Å². The summed E-state index contributed by atoms with van der Waals surface area (Å²) in [5.74, 6) is 1.82. The summed E-state index contributed by atoms with van der Waals surface area (Å²) < 4.78 is 5.83. The molecule has 0 aromatic heterocycles. The second kappa shape index (κ2) is 8.73. The van der Waals surface area contributed by atoms with Gasteiger partial charge in [-0.2, -0.15) is 0 Å². The van der Waals surface area contributed by atoms with Crippen LogP contribution in [0.5, 0.6) is 5.75 Å². The first-order chi connectivity index (χ1) is 11.4. The molecular weight excluding hydrogens is 282 g/mol. The van der Waals surface area contributed by atoms with Crippen molar-refractivity contribution in [1.29, 1.82) is 0 Å². The molecule has 122 valence electrons. The van der Waals surface area contributed by atoms with Gasteiger partial charge in [0, 0.05) is 6.54 Å². The lowest BCUT2D eigenvalue weighted by molar-refractivity contribution is 0.306. The highest BCUT2D eigenvalue weighted by Gasteiger charge is 2.12. The van der Waals surface area contributed by atoms with E-state index in [2.05, 4.69) is 41.7 Å².